The number of likely N-dealkylation sites (tertiary alicyclic amines) is 1. The summed E-state index contributed by atoms with van der Waals surface area (Å²) in [6.45, 7) is 4.44. The van der Waals surface area contributed by atoms with Gasteiger partial charge < -0.3 is 19.9 Å². The van der Waals surface area contributed by atoms with Crippen LogP contribution in [0.2, 0.25) is 0 Å². The minimum absolute atomic E-state index is 0. The van der Waals surface area contributed by atoms with Crippen molar-refractivity contribution >= 4 is 46.1 Å². The van der Waals surface area contributed by atoms with Gasteiger partial charge >= 0.3 is 5.97 Å². The van der Waals surface area contributed by atoms with Crippen LogP contribution in [0.1, 0.15) is 36.0 Å². The van der Waals surface area contributed by atoms with E-state index < -0.39 is 0 Å². The van der Waals surface area contributed by atoms with Gasteiger partial charge in [-0.15, -0.1) is 12.4 Å². The highest BCUT2D eigenvalue weighted by Crippen LogP contribution is 2.29. The van der Waals surface area contributed by atoms with E-state index in [1.807, 2.05) is 6.07 Å². The summed E-state index contributed by atoms with van der Waals surface area (Å²) in [7, 11) is 1.38. The van der Waals surface area contributed by atoms with Gasteiger partial charge in [0.15, 0.2) is 0 Å². The number of nitrogens with one attached hydrogen (secondary N) is 2. The predicted molar refractivity (Wildman–Crippen MR) is 113 cm³/mol. The maximum absolute atomic E-state index is 11.8. The van der Waals surface area contributed by atoms with E-state index in [9.17, 15) is 4.79 Å². The number of carbonyl (C=O) groups excluding carboxylic acids is 1. The van der Waals surface area contributed by atoms with Crippen molar-refractivity contribution in [2.75, 3.05) is 38.6 Å². The standard InChI is InChI=1S/C20H25N5O2.ClH/c1-27-20(26)14-6-7-15-16(12-14)24-19-17(15)18(22-13-23-19)21-8-5-11-25-9-3-2-4-10-25;/h6-7,12-13H,2-5,8-11H2,1H3,(H2,21,22,23,24);1H. The first kappa shape index (κ1) is 20.4. The number of nitrogens with zero attached hydrogens (tertiary/aromatic N) is 3. The maximum Gasteiger partial charge on any atom is 0.337 e. The number of esters is 1. The molecular weight excluding hydrogens is 378 g/mol. The van der Waals surface area contributed by atoms with Crippen molar-refractivity contribution in [3.8, 4) is 0 Å². The molecule has 1 saturated heterocycles. The van der Waals surface area contributed by atoms with Crippen LogP contribution < -0.4 is 5.32 Å². The molecule has 1 aliphatic rings. The lowest BCUT2D eigenvalue weighted by Crippen LogP contribution is -2.31. The third kappa shape index (κ3) is 4.20. The van der Waals surface area contributed by atoms with E-state index in [1.54, 1.807) is 18.5 Å². The van der Waals surface area contributed by atoms with Crippen molar-refractivity contribution in [1.29, 1.82) is 0 Å². The van der Waals surface area contributed by atoms with Crippen LogP contribution in [0.4, 0.5) is 5.82 Å². The number of aromatic amines is 1. The van der Waals surface area contributed by atoms with Crippen LogP contribution in [0.25, 0.3) is 21.9 Å². The number of ether oxygens (including phenoxy) is 1. The lowest BCUT2D eigenvalue weighted by molar-refractivity contribution is 0.0601. The van der Waals surface area contributed by atoms with Gasteiger partial charge in [-0.3, -0.25) is 0 Å². The second kappa shape index (κ2) is 9.21. The van der Waals surface area contributed by atoms with E-state index in [4.69, 9.17) is 4.74 Å². The number of anilines is 1. The van der Waals surface area contributed by atoms with Crippen LogP contribution in [-0.2, 0) is 4.74 Å². The van der Waals surface area contributed by atoms with Crippen LogP contribution in [0.3, 0.4) is 0 Å². The molecule has 1 fully saturated rings. The molecule has 1 aliphatic heterocycles. The molecule has 1 aromatic carbocycles. The van der Waals surface area contributed by atoms with Crippen molar-refractivity contribution in [3.63, 3.8) is 0 Å². The molecule has 4 rings (SSSR count). The summed E-state index contributed by atoms with van der Waals surface area (Å²) in [6, 6.07) is 5.49. The molecule has 3 heterocycles. The SMILES string of the molecule is COC(=O)c1ccc2c(c1)[nH]c1ncnc(NCCCN3CCCCC3)c12.Cl. The van der Waals surface area contributed by atoms with Crippen LogP contribution >= 0.6 is 12.4 Å². The number of methoxy groups -OCH3 is 1. The van der Waals surface area contributed by atoms with Crippen molar-refractivity contribution in [1.82, 2.24) is 19.9 Å². The first-order valence-corrected chi connectivity index (χ1v) is 9.57. The van der Waals surface area contributed by atoms with Crippen LogP contribution in [-0.4, -0.2) is 59.1 Å². The quantitative estimate of drug-likeness (QED) is 0.483. The Labute approximate surface area is 170 Å². The zero-order valence-corrected chi connectivity index (χ0v) is 16.8. The molecule has 0 atom stereocenters. The van der Waals surface area contributed by atoms with E-state index in [0.717, 1.165) is 47.3 Å². The Morgan fingerprint density at radius 3 is 2.86 bits per heavy atom. The Hall–Kier alpha value is -2.38. The largest absolute Gasteiger partial charge is 0.465 e. The number of rotatable bonds is 6. The monoisotopic (exact) mass is 403 g/mol. The molecule has 0 amide bonds. The number of piperidine rings is 1. The molecule has 28 heavy (non-hydrogen) atoms. The van der Waals surface area contributed by atoms with Crippen molar-refractivity contribution in [2.45, 2.75) is 25.7 Å². The average Bonchev–Trinajstić information content (AvgIpc) is 3.09. The second-order valence-corrected chi connectivity index (χ2v) is 7.01. The number of aromatic nitrogens is 3. The van der Waals surface area contributed by atoms with Crippen molar-refractivity contribution in [2.24, 2.45) is 0 Å². The Morgan fingerprint density at radius 1 is 1.25 bits per heavy atom. The topological polar surface area (TPSA) is 83.1 Å². The number of fused-ring (bicyclic) bond motifs is 3. The lowest BCUT2D eigenvalue weighted by atomic mass is 10.1. The molecule has 2 N–H and O–H groups in total. The summed E-state index contributed by atoms with van der Waals surface area (Å²) in [4.78, 5) is 26.4. The minimum Gasteiger partial charge on any atom is -0.465 e. The molecule has 2 aromatic heterocycles. The Morgan fingerprint density at radius 2 is 2.07 bits per heavy atom. The van der Waals surface area contributed by atoms with Gasteiger partial charge in [0.05, 0.1) is 18.1 Å². The van der Waals surface area contributed by atoms with Crippen molar-refractivity contribution in [3.05, 3.63) is 30.1 Å². The molecular formula is C20H26ClN5O2. The molecule has 0 saturated carbocycles. The van der Waals surface area contributed by atoms with Gasteiger partial charge in [0.2, 0.25) is 0 Å². The van der Waals surface area contributed by atoms with E-state index in [0.29, 0.717) is 5.56 Å². The second-order valence-electron chi connectivity index (χ2n) is 7.01. The van der Waals surface area contributed by atoms with Gasteiger partial charge in [0.25, 0.3) is 0 Å². The molecule has 3 aromatic rings. The number of benzene rings is 1. The highest BCUT2D eigenvalue weighted by atomic mass is 35.5. The summed E-state index contributed by atoms with van der Waals surface area (Å²) in [5, 5.41) is 5.42. The Kier molecular flexibility index (Phi) is 6.70. The Balaban J connectivity index is 0.00000225. The smallest absolute Gasteiger partial charge is 0.337 e. The first-order valence-electron chi connectivity index (χ1n) is 9.57. The number of carbonyl (C=O) groups is 1. The highest BCUT2D eigenvalue weighted by Gasteiger charge is 2.14. The van der Waals surface area contributed by atoms with Crippen LogP contribution in [0.5, 0.6) is 0 Å². The molecule has 0 bridgehead atoms. The zero-order chi connectivity index (χ0) is 18.6. The van der Waals surface area contributed by atoms with Gasteiger partial charge in [0, 0.05) is 17.4 Å². The number of hydrogen-bond acceptors (Lipinski definition) is 6. The molecule has 0 spiro atoms. The summed E-state index contributed by atoms with van der Waals surface area (Å²) < 4.78 is 4.80. The molecule has 0 radical (unpaired) electrons. The third-order valence-corrected chi connectivity index (χ3v) is 5.20. The summed E-state index contributed by atoms with van der Waals surface area (Å²) in [6.07, 6.45) is 6.66. The predicted octanol–water partition coefficient (Wildman–Crippen LogP) is 3.61. The van der Waals surface area contributed by atoms with E-state index in [1.165, 1.54) is 39.5 Å². The van der Waals surface area contributed by atoms with Crippen LogP contribution in [0, 0.1) is 0 Å². The normalized spacial score (nSPS) is 14.8. The van der Waals surface area contributed by atoms with E-state index in [2.05, 4.69) is 25.2 Å². The fourth-order valence-corrected chi connectivity index (χ4v) is 3.80. The summed E-state index contributed by atoms with van der Waals surface area (Å²) in [5.41, 5.74) is 2.13. The molecule has 0 aliphatic carbocycles. The summed E-state index contributed by atoms with van der Waals surface area (Å²) >= 11 is 0. The number of halogens is 1. The molecule has 7 nitrogen and oxygen atoms in total. The van der Waals surface area contributed by atoms with Crippen molar-refractivity contribution < 1.29 is 9.53 Å². The minimum atomic E-state index is -0.349. The van der Waals surface area contributed by atoms with Crippen LogP contribution in [0.15, 0.2) is 24.5 Å². The zero-order valence-electron chi connectivity index (χ0n) is 16.0. The number of hydrogen-bond donors (Lipinski definition) is 2. The molecule has 150 valence electrons. The van der Waals surface area contributed by atoms with Gasteiger partial charge in [-0.1, -0.05) is 12.5 Å². The maximum atomic E-state index is 11.8. The van der Waals surface area contributed by atoms with Gasteiger partial charge in [-0.2, -0.15) is 0 Å². The van der Waals surface area contributed by atoms with Gasteiger partial charge in [-0.05, 0) is 51.0 Å². The van der Waals surface area contributed by atoms with E-state index >= 15 is 0 Å². The molecule has 0 unspecified atom stereocenters. The lowest BCUT2D eigenvalue weighted by Gasteiger charge is -2.26. The molecule has 8 heteroatoms. The van der Waals surface area contributed by atoms with Gasteiger partial charge in [-0.25, -0.2) is 14.8 Å². The van der Waals surface area contributed by atoms with E-state index in [-0.39, 0.29) is 18.4 Å². The highest BCUT2D eigenvalue weighted by molar-refractivity contribution is 6.12. The average molecular weight is 404 g/mol. The fraction of sp³-hybridized carbons (Fsp3) is 0.450. The number of H-pyrrole nitrogens is 1. The first-order chi connectivity index (χ1) is 13.3. The van der Waals surface area contributed by atoms with Gasteiger partial charge in [0.1, 0.15) is 17.8 Å². The fourth-order valence-electron chi connectivity index (χ4n) is 3.80. The third-order valence-electron chi connectivity index (χ3n) is 5.20. The summed E-state index contributed by atoms with van der Waals surface area (Å²) in [5.74, 6) is 0.480. The Bertz CT molecular complexity index is 952.